The average Bonchev–Trinajstić information content (AvgIpc) is 3.58. The maximum atomic E-state index is 13.9. The summed E-state index contributed by atoms with van der Waals surface area (Å²) in [7, 11) is -0.636. The number of rotatable bonds is 8. The van der Waals surface area contributed by atoms with Gasteiger partial charge in [0.25, 0.3) is 11.8 Å². The highest BCUT2D eigenvalue weighted by Gasteiger charge is 2.68. The van der Waals surface area contributed by atoms with Gasteiger partial charge in [-0.1, -0.05) is 50.3 Å². The van der Waals surface area contributed by atoms with Crippen LogP contribution in [-0.2, 0) is 25.3 Å². The summed E-state index contributed by atoms with van der Waals surface area (Å²) in [5.74, 6) is -2.78. The van der Waals surface area contributed by atoms with Crippen molar-refractivity contribution in [3.05, 3.63) is 59.1 Å². The van der Waals surface area contributed by atoms with Gasteiger partial charge in [-0.3, -0.25) is 9.69 Å². The van der Waals surface area contributed by atoms with Crippen LogP contribution in [0.3, 0.4) is 0 Å². The number of benzene rings is 1. The molecule has 6 atom stereocenters. The summed E-state index contributed by atoms with van der Waals surface area (Å²) in [6.45, 7) is 18.3. The molecule has 0 spiro atoms. The number of hydrogen-bond donors (Lipinski definition) is 1. The van der Waals surface area contributed by atoms with Crippen molar-refractivity contribution in [2.24, 2.45) is 17.3 Å². The number of alkyl carbamates (subject to hydrolysis) is 1. The fourth-order valence-corrected chi connectivity index (χ4v) is 8.67. The minimum atomic E-state index is -2.78. The van der Waals surface area contributed by atoms with E-state index in [1.165, 1.54) is 11.0 Å². The Bertz CT molecular complexity index is 1430. The molecule has 7 rings (SSSR count). The van der Waals surface area contributed by atoms with Gasteiger partial charge in [0.2, 0.25) is 5.70 Å². The number of likely N-dealkylation sites (tertiary alicyclic amines) is 2. The molecule has 254 valence electrons. The lowest BCUT2D eigenvalue weighted by Gasteiger charge is -2.64. The van der Waals surface area contributed by atoms with Crippen molar-refractivity contribution < 1.29 is 32.4 Å². The van der Waals surface area contributed by atoms with Crippen LogP contribution in [0.4, 0.5) is 13.6 Å². The van der Waals surface area contributed by atoms with E-state index in [-0.39, 0.29) is 36.7 Å². The van der Waals surface area contributed by atoms with Gasteiger partial charge in [-0.25, -0.2) is 18.4 Å². The van der Waals surface area contributed by atoms with Crippen molar-refractivity contribution in [1.82, 2.24) is 15.1 Å². The molecule has 9 nitrogen and oxygen atoms in total. The second kappa shape index (κ2) is 12.5. The van der Waals surface area contributed by atoms with E-state index in [9.17, 15) is 18.4 Å². The third kappa shape index (κ3) is 6.68. The molecule has 2 amide bonds. The van der Waals surface area contributed by atoms with Crippen LogP contribution in [-0.4, -0.2) is 90.3 Å². The largest absolute Gasteiger partial charge is 0.482 e. The Labute approximate surface area is 277 Å². The Balaban J connectivity index is 1.10. The number of nitrogens with zero attached hydrogens (tertiary/aromatic N) is 3. The number of halogens is 2. The molecule has 3 saturated heterocycles. The third-order valence-corrected chi connectivity index (χ3v) is 11.7. The first-order valence-electron chi connectivity index (χ1n) is 17.0. The van der Waals surface area contributed by atoms with Crippen LogP contribution >= 0.6 is 0 Å². The van der Waals surface area contributed by atoms with E-state index in [1.54, 1.807) is 18.7 Å². The van der Waals surface area contributed by atoms with Crippen LogP contribution in [0.2, 0.25) is 0 Å². The van der Waals surface area contributed by atoms with Gasteiger partial charge in [0.05, 0.1) is 37.3 Å². The molecular weight excluding hydrogens is 605 g/mol. The highest BCUT2D eigenvalue weighted by Crippen LogP contribution is 2.65. The van der Waals surface area contributed by atoms with E-state index in [0.29, 0.717) is 37.6 Å². The normalized spacial score (nSPS) is 32.2. The highest BCUT2D eigenvalue weighted by atomic mass is 19.3. The van der Waals surface area contributed by atoms with Crippen molar-refractivity contribution in [3.8, 4) is 0 Å². The van der Waals surface area contributed by atoms with Crippen molar-refractivity contribution >= 4 is 19.1 Å². The standard InChI is InChI=1S/C35H47BF2N4O5/c1-32(2,42-16-14-35(37,38)22-42)20-26(39-6)30(43)41-15-10-13-25(21-41)45-31(44)40-29(17-23-11-8-7-9-12-23)36-46-28-19-24-18-27(33(24,3)4)34(28,5)47-36/h7-9,11-12,20,24-25,27-29H,10,13-19,21-22H2,1-5H3,(H,40,44)/t24-,25+,27-,28+,29-,34-/m0/s1. The van der Waals surface area contributed by atoms with Gasteiger partial charge in [0.1, 0.15) is 6.10 Å². The Hall–Kier alpha value is -3.01. The summed E-state index contributed by atoms with van der Waals surface area (Å²) in [6, 6.07) is 9.88. The molecule has 12 heteroatoms. The van der Waals surface area contributed by atoms with E-state index >= 15 is 0 Å². The van der Waals surface area contributed by atoms with Crippen molar-refractivity contribution in [3.63, 3.8) is 0 Å². The maximum absolute atomic E-state index is 13.9. The molecule has 2 bridgehead atoms. The number of nitrogens with one attached hydrogen (secondary N) is 1. The van der Waals surface area contributed by atoms with Gasteiger partial charge < -0.3 is 24.3 Å². The maximum Gasteiger partial charge on any atom is 0.482 e. The van der Waals surface area contributed by atoms with Gasteiger partial charge in [-0.05, 0) is 75.7 Å². The Kier molecular flexibility index (Phi) is 8.98. The lowest BCUT2D eigenvalue weighted by Crippen LogP contribution is -2.65. The van der Waals surface area contributed by atoms with E-state index in [1.807, 2.05) is 30.3 Å². The minimum Gasteiger partial charge on any atom is -0.444 e. The van der Waals surface area contributed by atoms with E-state index in [0.717, 1.165) is 18.4 Å². The first-order valence-corrected chi connectivity index (χ1v) is 17.0. The predicted molar refractivity (Wildman–Crippen MR) is 173 cm³/mol. The van der Waals surface area contributed by atoms with Crippen LogP contribution in [0.5, 0.6) is 0 Å². The monoisotopic (exact) mass is 652 g/mol. The summed E-state index contributed by atoms with van der Waals surface area (Å²) < 4.78 is 46.9. The van der Waals surface area contributed by atoms with Crippen LogP contribution < -0.4 is 5.32 Å². The summed E-state index contributed by atoms with van der Waals surface area (Å²) in [5.41, 5.74) is -0.223. The van der Waals surface area contributed by atoms with E-state index in [4.69, 9.17) is 20.6 Å². The molecule has 3 aliphatic heterocycles. The lowest BCUT2D eigenvalue weighted by molar-refractivity contribution is -0.199. The molecule has 0 radical (unpaired) electrons. The zero-order chi connectivity index (χ0) is 33.8. The van der Waals surface area contributed by atoms with Crippen molar-refractivity contribution in [2.75, 3.05) is 26.2 Å². The molecule has 1 aromatic rings. The molecule has 0 aromatic heterocycles. The van der Waals surface area contributed by atoms with E-state index in [2.05, 4.69) is 30.9 Å². The number of alkyl halides is 2. The average molecular weight is 653 g/mol. The first kappa shape index (κ1) is 33.9. The number of carbonyl (C=O) groups is 2. The second-order valence-electron chi connectivity index (χ2n) is 15.5. The summed E-state index contributed by atoms with van der Waals surface area (Å²) in [4.78, 5) is 33.5. The molecule has 3 heterocycles. The second-order valence-corrected chi connectivity index (χ2v) is 15.5. The molecule has 6 fully saturated rings. The zero-order valence-electron chi connectivity index (χ0n) is 28.1. The van der Waals surface area contributed by atoms with Crippen LogP contribution in [0, 0.1) is 23.8 Å². The quantitative estimate of drug-likeness (QED) is 0.227. The van der Waals surface area contributed by atoms with Crippen molar-refractivity contribution in [2.45, 2.75) is 108 Å². The lowest BCUT2D eigenvalue weighted by atomic mass is 9.43. The summed E-state index contributed by atoms with van der Waals surface area (Å²) in [6.07, 6.45) is 3.75. The molecule has 0 unspecified atom stereocenters. The summed E-state index contributed by atoms with van der Waals surface area (Å²) in [5, 5.41) is 3.04. The zero-order valence-corrected chi connectivity index (χ0v) is 28.1. The Morgan fingerprint density at radius 1 is 1.21 bits per heavy atom. The fourth-order valence-electron chi connectivity index (χ4n) is 8.67. The van der Waals surface area contributed by atoms with Crippen LogP contribution in [0.25, 0.3) is 4.85 Å². The third-order valence-electron chi connectivity index (χ3n) is 11.7. The fraction of sp³-hybridized carbons (Fsp3) is 0.686. The Morgan fingerprint density at radius 2 is 1.96 bits per heavy atom. The van der Waals surface area contributed by atoms with Crippen LogP contribution in [0.15, 0.2) is 42.1 Å². The molecule has 3 saturated carbocycles. The number of amides is 2. The Morgan fingerprint density at radius 3 is 2.62 bits per heavy atom. The van der Waals surface area contributed by atoms with Gasteiger partial charge in [-0.15, -0.1) is 0 Å². The number of piperidine rings is 1. The predicted octanol–water partition coefficient (Wildman–Crippen LogP) is 5.51. The molecule has 3 aliphatic carbocycles. The molecule has 47 heavy (non-hydrogen) atoms. The van der Waals surface area contributed by atoms with Crippen molar-refractivity contribution in [1.29, 1.82) is 0 Å². The smallest absolute Gasteiger partial charge is 0.444 e. The topological polar surface area (TPSA) is 84.7 Å². The SMILES string of the molecule is [C-]#[N+]C(=CC(C)(C)N1CCC(F)(F)C1)C(=O)N1CCC[C@@H](OC(=O)N[C@@H](Cc2ccccc2)B2O[C@@H]3C[C@@H]4C[C@@H](C4(C)C)[C@]3(C)O2)C1. The van der Waals surface area contributed by atoms with Gasteiger partial charge in [0, 0.05) is 25.0 Å². The van der Waals surface area contributed by atoms with E-state index < -0.39 is 54.8 Å². The van der Waals surface area contributed by atoms with Gasteiger partial charge in [-0.2, -0.15) is 0 Å². The molecule has 1 N–H and O–H groups in total. The highest BCUT2D eigenvalue weighted by molar-refractivity contribution is 6.47. The summed E-state index contributed by atoms with van der Waals surface area (Å²) >= 11 is 0. The number of hydrogen-bond acceptors (Lipinski definition) is 6. The molecule has 6 aliphatic rings. The number of ether oxygens (including phenoxy) is 1. The number of carbonyl (C=O) groups excluding carboxylic acids is 2. The molecular formula is C35H47BF2N4O5. The first-order chi connectivity index (χ1) is 22.1. The minimum absolute atomic E-state index is 0.0325. The van der Waals surface area contributed by atoms with Crippen LogP contribution in [0.1, 0.15) is 72.3 Å². The van der Waals surface area contributed by atoms with Gasteiger partial charge in [0.15, 0.2) is 0 Å². The van der Waals surface area contributed by atoms with Gasteiger partial charge >= 0.3 is 13.2 Å². The molecule has 1 aromatic carbocycles.